The number of aromatic nitrogens is 3. The van der Waals surface area contributed by atoms with Crippen molar-refractivity contribution in [3.05, 3.63) is 33.0 Å². The summed E-state index contributed by atoms with van der Waals surface area (Å²) in [6, 6.07) is 5.55. The third-order valence-corrected chi connectivity index (χ3v) is 5.77. The molecular weight excluding hydrogens is 370 g/mol. The van der Waals surface area contributed by atoms with Crippen LogP contribution in [0.15, 0.2) is 27.5 Å². The van der Waals surface area contributed by atoms with E-state index in [0.29, 0.717) is 17.4 Å². The highest BCUT2D eigenvalue weighted by Crippen LogP contribution is 2.47. The molecule has 0 amide bonds. The van der Waals surface area contributed by atoms with Gasteiger partial charge in [0.1, 0.15) is 5.52 Å². The minimum atomic E-state index is -0.0362. The average molecular weight is 392 g/mol. The van der Waals surface area contributed by atoms with Gasteiger partial charge in [0, 0.05) is 42.6 Å². The Morgan fingerprint density at radius 1 is 1.17 bits per heavy atom. The van der Waals surface area contributed by atoms with Gasteiger partial charge >= 0.3 is 0 Å². The van der Waals surface area contributed by atoms with E-state index < -0.39 is 0 Å². The second-order valence-corrected chi connectivity index (χ2v) is 8.21. The quantitative estimate of drug-likeness (QED) is 0.791. The van der Waals surface area contributed by atoms with Gasteiger partial charge in [0.25, 0.3) is 5.56 Å². The number of benzene rings is 1. The maximum absolute atomic E-state index is 12.7. The van der Waals surface area contributed by atoms with Crippen LogP contribution in [-0.2, 0) is 6.54 Å². The number of likely N-dealkylation sites (N-methyl/N-ethyl adjacent to an activating group) is 1. The van der Waals surface area contributed by atoms with Crippen molar-refractivity contribution in [1.82, 2.24) is 24.8 Å². The molecular formula is C17H22BrN5O. The number of nitrogens with zero attached hydrogens (tertiary/aromatic N) is 5. The summed E-state index contributed by atoms with van der Waals surface area (Å²) >= 11 is 3.43. The van der Waals surface area contributed by atoms with Crippen molar-refractivity contribution in [3.8, 4) is 0 Å². The van der Waals surface area contributed by atoms with Gasteiger partial charge in [-0.2, -0.15) is 0 Å². The lowest BCUT2D eigenvalue weighted by molar-refractivity contribution is 0.123. The molecule has 7 heteroatoms. The van der Waals surface area contributed by atoms with Gasteiger partial charge < -0.3 is 9.80 Å². The van der Waals surface area contributed by atoms with Crippen LogP contribution in [0.4, 0.5) is 0 Å². The summed E-state index contributed by atoms with van der Waals surface area (Å²) in [4.78, 5) is 17.6. The summed E-state index contributed by atoms with van der Waals surface area (Å²) in [5.74, 6) is 0. The van der Waals surface area contributed by atoms with Crippen LogP contribution in [0.1, 0.15) is 12.8 Å². The first-order valence-corrected chi connectivity index (χ1v) is 9.28. The lowest BCUT2D eigenvalue weighted by Crippen LogP contribution is -2.47. The van der Waals surface area contributed by atoms with Crippen molar-refractivity contribution < 1.29 is 0 Å². The van der Waals surface area contributed by atoms with Crippen LogP contribution in [0.25, 0.3) is 10.9 Å². The molecule has 1 saturated heterocycles. The molecule has 2 aromatic rings. The third-order valence-electron chi connectivity index (χ3n) is 5.28. The van der Waals surface area contributed by atoms with Gasteiger partial charge in [0.05, 0.1) is 11.9 Å². The Balaban J connectivity index is 1.53. The molecule has 0 unspecified atom stereocenters. The highest BCUT2D eigenvalue weighted by atomic mass is 79.9. The number of piperazine rings is 1. The molecule has 0 radical (unpaired) electrons. The minimum absolute atomic E-state index is 0.0362. The number of halogens is 1. The second kappa shape index (κ2) is 6.20. The zero-order valence-electron chi connectivity index (χ0n) is 13.9. The lowest BCUT2D eigenvalue weighted by atomic mass is 10.1. The topological polar surface area (TPSA) is 54.3 Å². The van der Waals surface area contributed by atoms with Crippen molar-refractivity contribution in [2.24, 2.45) is 5.41 Å². The van der Waals surface area contributed by atoms with E-state index >= 15 is 0 Å². The van der Waals surface area contributed by atoms with E-state index in [9.17, 15) is 4.79 Å². The van der Waals surface area contributed by atoms with Crippen molar-refractivity contribution >= 4 is 26.8 Å². The Kier molecular flexibility index (Phi) is 4.18. The van der Waals surface area contributed by atoms with Crippen LogP contribution < -0.4 is 5.56 Å². The fraction of sp³-hybridized carbons (Fsp3) is 0.588. The van der Waals surface area contributed by atoms with E-state index in [1.54, 1.807) is 4.68 Å². The van der Waals surface area contributed by atoms with E-state index in [1.807, 2.05) is 18.2 Å². The number of hydrogen-bond acceptors (Lipinski definition) is 5. The molecule has 0 atom stereocenters. The summed E-state index contributed by atoms with van der Waals surface area (Å²) in [7, 11) is 2.17. The predicted molar refractivity (Wildman–Crippen MR) is 97.1 cm³/mol. The first-order chi connectivity index (χ1) is 11.5. The van der Waals surface area contributed by atoms with E-state index in [-0.39, 0.29) is 11.0 Å². The Bertz CT molecular complexity index is 808. The summed E-state index contributed by atoms with van der Waals surface area (Å²) in [6.07, 6.45) is 2.34. The zero-order chi connectivity index (χ0) is 16.7. The molecule has 24 heavy (non-hydrogen) atoms. The number of rotatable bonds is 4. The Morgan fingerprint density at radius 2 is 1.92 bits per heavy atom. The van der Waals surface area contributed by atoms with Gasteiger partial charge in [-0.25, -0.2) is 4.68 Å². The molecule has 2 heterocycles. The molecule has 4 rings (SSSR count). The van der Waals surface area contributed by atoms with Gasteiger partial charge in [-0.3, -0.25) is 4.79 Å². The maximum Gasteiger partial charge on any atom is 0.277 e. The molecule has 1 aliphatic carbocycles. The van der Waals surface area contributed by atoms with Crippen LogP contribution >= 0.6 is 15.9 Å². The molecule has 0 N–H and O–H groups in total. The summed E-state index contributed by atoms with van der Waals surface area (Å²) < 4.78 is 2.46. The third kappa shape index (κ3) is 3.25. The summed E-state index contributed by atoms with van der Waals surface area (Å²) in [5.41, 5.74) is 0.822. The van der Waals surface area contributed by atoms with Crippen LogP contribution in [0, 0.1) is 5.41 Å². The lowest BCUT2D eigenvalue weighted by Gasteiger charge is -2.34. The molecule has 1 aromatic heterocycles. The SMILES string of the molecule is CN1CCN(CC2(Cn3nnc4ccc(Br)cc4c3=O)CC2)CC1. The minimum Gasteiger partial charge on any atom is -0.304 e. The van der Waals surface area contributed by atoms with E-state index in [2.05, 4.69) is 43.1 Å². The fourth-order valence-corrected chi connectivity index (χ4v) is 3.85. The molecule has 6 nitrogen and oxygen atoms in total. The Hall–Kier alpha value is -1.31. The second-order valence-electron chi connectivity index (χ2n) is 7.29. The highest BCUT2D eigenvalue weighted by molar-refractivity contribution is 9.10. The van der Waals surface area contributed by atoms with Gasteiger partial charge in [-0.05, 0) is 38.1 Å². The van der Waals surface area contributed by atoms with Crippen molar-refractivity contribution in [1.29, 1.82) is 0 Å². The largest absolute Gasteiger partial charge is 0.304 e. The monoisotopic (exact) mass is 391 g/mol. The van der Waals surface area contributed by atoms with Crippen molar-refractivity contribution in [2.75, 3.05) is 39.8 Å². The molecule has 2 fully saturated rings. The van der Waals surface area contributed by atoms with Crippen LogP contribution in [-0.4, -0.2) is 64.6 Å². The van der Waals surface area contributed by atoms with Crippen LogP contribution in [0.5, 0.6) is 0 Å². The van der Waals surface area contributed by atoms with E-state index in [1.165, 1.54) is 12.8 Å². The van der Waals surface area contributed by atoms with Gasteiger partial charge in [0.2, 0.25) is 0 Å². The van der Waals surface area contributed by atoms with Crippen molar-refractivity contribution in [3.63, 3.8) is 0 Å². The summed E-state index contributed by atoms with van der Waals surface area (Å²) in [6.45, 7) is 6.21. The molecule has 128 valence electrons. The Morgan fingerprint density at radius 3 is 2.62 bits per heavy atom. The first kappa shape index (κ1) is 16.2. The van der Waals surface area contributed by atoms with E-state index in [4.69, 9.17) is 0 Å². The van der Waals surface area contributed by atoms with Gasteiger partial charge in [0.15, 0.2) is 0 Å². The van der Waals surface area contributed by atoms with E-state index in [0.717, 1.165) is 37.2 Å². The number of fused-ring (bicyclic) bond motifs is 1. The van der Waals surface area contributed by atoms with Crippen LogP contribution in [0.2, 0.25) is 0 Å². The predicted octanol–water partition coefficient (Wildman–Crippen LogP) is 1.58. The van der Waals surface area contributed by atoms with Gasteiger partial charge in [-0.15, -0.1) is 5.10 Å². The molecule has 1 aromatic carbocycles. The molecule has 1 saturated carbocycles. The molecule has 0 spiro atoms. The fourth-order valence-electron chi connectivity index (χ4n) is 3.49. The first-order valence-electron chi connectivity index (χ1n) is 8.49. The summed E-state index contributed by atoms with van der Waals surface area (Å²) in [5, 5.41) is 9.04. The zero-order valence-corrected chi connectivity index (χ0v) is 15.5. The molecule has 2 aliphatic rings. The van der Waals surface area contributed by atoms with Crippen LogP contribution in [0.3, 0.4) is 0 Å². The Labute approximate surface area is 149 Å². The maximum atomic E-state index is 12.7. The highest BCUT2D eigenvalue weighted by Gasteiger charge is 2.45. The van der Waals surface area contributed by atoms with Crippen molar-refractivity contribution in [2.45, 2.75) is 19.4 Å². The van der Waals surface area contributed by atoms with Gasteiger partial charge in [-0.1, -0.05) is 21.1 Å². The normalized spacial score (nSPS) is 21.2. The number of hydrogen-bond donors (Lipinski definition) is 0. The molecule has 1 aliphatic heterocycles. The average Bonchev–Trinajstić information content (AvgIpc) is 3.32. The standard InChI is InChI=1S/C17H22BrN5O/c1-21-6-8-22(9-7-21)11-17(4-5-17)12-23-16(24)14-10-13(18)2-3-15(14)19-20-23/h2-3,10H,4-9,11-12H2,1H3. The smallest absolute Gasteiger partial charge is 0.277 e. The molecule has 0 bridgehead atoms.